The fraction of sp³-hybridized carbons (Fsp3) is 0.875. The third-order valence-corrected chi connectivity index (χ3v) is 8.16. The smallest absolute Gasteiger partial charge is 0.106 e. The molecule has 0 radical (unpaired) electrons. The molecular weight excluding hydrogens is 340 g/mol. The third-order valence-electron chi connectivity index (χ3n) is 6.47. The van der Waals surface area contributed by atoms with Gasteiger partial charge in [-0.1, -0.05) is 29.8 Å². The lowest BCUT2D eigenvalue weighted by Gasteiger charge is -2.58. The van der Waals surface area contributed by atoms with Crippen LogP contribution in [-0.4, -0.2) is 29.8 Å². The molecule has 1 aliphatic heterocycles. The summed E-state index contributed by atoms with van der Waals surface area (Å²) in [5.74, 6) is 0. The van der Waals surface area contributed by atoms with Gasteiger partial charge < -0.3 is 9.47 Å². The van der Waals surface area contributed by atoms with Crippen molar-refractivity contribution >= 4 is 27.5 Å². The topological polar surface area (TPSA) is 18.5 Å². The van der Waals surface area contributed by atoms with E-state index in [9.17, 15) is 0 Å². The largest absolute Gasteiger partial charge is 0.374 e. The lowest BCUT2D eigenvalue weighted by atomic mass is 9.48. The number of alkyl halides is 1. The molecule has 3 rings (SSSR count). The highest BCUT2D eigenvalue weighted by Crippen LogP contribution is 2.70. The molecule has 0 unspecified atom stereocenters. The van der Waals surface area contributed by atoms with Crippen molar-refractivity contribution in [2.45, 2.75) is 69.6 Å². The van der Waals surface area contributed by atoms with E-state index in [1.165, 1.54) is 4.48 Å². The number of rotatable bonds is 1. The summed E-state index contributed by atoms with van der Waals surface area (Å²) < 4.78 is 13.5. The zero-order chi connectivity index (χ0) is 15.0. The van der Waals surface area contributed by atoms with Crippen molar-refractivity contribution in [2.75, 3.05) is 7.11 Å². The summed E-state index contributed by atoms with van der Waals surface area (Å²) in [6.45, 7) is 8.97. The van der Waals surface area contributed by atoms with Gasteiger partial charge in [0.25, 0.3) is 0 Å². The van der Waals surface area contributed by atoms with Crippen LogP contribution >= 0.6 is 27.5 Å². The van der Waals surface area contributed by atoms with Gasteiger partial charge >= 0.3 is 0 Å². The minimum absolute atomic E-state index is 0.0273. The van der Waals surface area contributed by atoms with Gasteiger partial charge in [0.1, 0.15) is 11.7 Å². The molecule has 1 saturated heterocycles. The lowest BCUT2D eigenvalue weighted by Crippen LogP contribution is -2.61. The molecule has 114 valence electrons. The second-order valence-corrected chi connectivity index (χ2v) is 9.29. The minimum atomic E-state index is -0.306. The van der Waals surface area contributed by atoms with Gasteiger partial charge in [-0.05, 0) is 39.2 Å². The number of hydrogen-bond donors (Lipinski definition) is 0. The SMILES string of the molecule is CO[C@@H]1C=C(Br)C(C)(C)[C@@]23CC[C@](C)(Cl)[C@@H](C2)O[C@]13C. The van der Waals surface area contributed by atoms with Crippen LogP contribution < -0.4 is 0 Å². The summed E-state index contributed by atoms with van der Waals surface area (Å²) in [4.78, 5) is -0.257. The Morgan fingerprint density at radius 1 is 1.30 bits per heavy atom. The van der Waals surface area contributed by atoms with Gasteiger partial charge in [0.05, 0.1) is 11.0 Å². The Kier molecular flexibility index (Phi) is 3.25. The van der Waals surface area contributed by atoms with E-state index in [2.05, 4.69) is 49.7 Å². The normalized spacial score (nSPS) is 53.5. The fourth-order valence-electron chi connectivity index (χ4n) is 4.82. The Morgan fingerprint density at radius 2 is 1.95 bits per heavy atom. The number of methoxy groups -OCH3 is 1. The summed E-state index contributed by atoms with van der Waals surface area (Å²) >= 11 is 10.5. The van der Waals surface area contributed by atoms with E-state index in [1.54, 1.807) is 7.11 Å². The number of halogens is 2. The average molecular weight is 364 g/mol. The molecule has 0 N–H and O–H groups in total. The van der Waals surface area contributed by atoms with Crippen LogP contribution in [0.4, 0.5) is 0 Å². The Labute approximate surface area is 135 Å². The first-order valence-corrected chi connectivity index (χ1v) is 8.55. The molecule has 3 aliphatic rings. The van der Waals surface area contributed by atoms with Crippen LogP contribution in [0.3, 0.4) is 0 Å². The highest BCUT2D eigenvalue weighted by molar-refractivity contribution is 9.11. The summed E-state index contributed by atoms with van der Waals surface area (Å²) in [7, 11) is 1.77. The highest BCUT2D eigenvalue weighted by Gasteiger charge is 2.72. The molecule has 0 aromatic carbocycles. The van der Waals surface area contributed by atoms with Crippen LogP contribution in [0.2, 0.25) is 0 Å². The van der Waals surface area contributed by atoms with E-state index < -0.39 is 0 Å². The Bertz CT molecular complexity index is 473. The summed E-state index contributed by atoms with van der Waals surface area (Å²) in [5, 5.41) is 0. The predicted octanol–water partition coefficient (Wildman–Crippen LogP) is 4.65. The maximum Gasteiger partial charge on any atom is 0.106 e. The van der Waals surface area contributed by atoms with Crippen molar-refractivity contribution in [3.63, 3.8) is 0 Å². The first-order valence-electron chi connectivity index (χ1n) is 7.38. The van der Waals surface area contributed by atoms with E-state index in [-0.39, 0.29) is 33.5 Å². The second-order valence-electron chi connectivity index (χ2n) is 7.57. The summed E-state index contributed by atoms with van der Waals surface area (Å²) in [6.07, 6.45) is 5.34. The first-order chi connectivity index (χ1) is 9.11. The molecule has 1 saturated carbocycles. The van der Waals surface area contributed by atoms with Gasteiger partial charge in [-0.15, -0.1) is 11.6 Å². The molecule has 5 atom stereocenters. The Morgan fingerprint density at radius 3 is 2.55 bits per heavy atom. The van der Waals surface area contributed by atoms with Gasteiger partial charge in [0, 0.05) is 22.4 Å². The van der Waals surface area contributed by atoms with Crippen LogP contribution in [0.1, 0.15) is 47.0 Å². The fourth-order valence-corrected chi connectivity index (χ4v) is 5.66. The molecule has 1 heterocycles. The van der Waals surface area contributed by atoms with Crippen LogP contribution in [0.25, 0.3) is 0 Å². The molecule has 0 aromatic rings. The van der Waals surface area contributed by atoms with E-state index in [0.717, 1.165) is 19.3 Å². The maximum atomic E-state index is 6.71. The first kappa shape index (κ1) is 15.3. The zero-order valence-electron chi connectivity index (χ0n) is 12.9. The number of allylic oxidation sites excluding steroid dienone is 1. The van der Waals surface area contributed by atoms with Crippen molar-refractivity contribution in [3.05, 3.63) is 10.6 Å². The summed E-state index contributed by atoms with van der Waals surface area (Å²) in [5.41, 5.74) is -0.188. The Hall–Kier alpha value is 0.430. The van der Waals surface area contributed by atoms with E-state index in [0.29, 0.717) is 0 Å². The summed E-state index contributed by atoms with van der Waals surface area (Å²) in [6, 6.07) is 0. The molecule has 4 heteroatoms. The highest BCUT2D eigenvalue weighted by atomic mass is 79.9. The van der Waals surface area contributed by atoms with Crippen LogP contribution in [0.15, 0.2) is 10.6 Å². The molecule has 2 fully saturated rings. The lowest BCUT2D eigenvalue weighted by molar-refractivity contribution is -0.167. The number of hydrogen-bond acceptors (Lipinski definition) is 2. The number of fused-ring (bicyclic) bond motifs is 1. The van der Waals surface area contributed by atoms with Crippen molar-refractivity contribution in [3.8, 4) is 0 Å². The van der Waals surface area contributed by atoms with Crippen molar-refractivity contribution < 1.29 is 9.47 Å². The molecule has 0 amide bonds. The molecule has 2 bridgehead atoms. The molecule has 2 aliphatic carbocycles. The molecule has 0 aromatic heterocycles. The van der Waals surface area contributed by atoms with E-state index in [4.69, 9.17) is 21.1 Å². The van der Waals surface area contributed by atoms with Gasteiger partial charge in [0.2, 0.25) is 0 Å². The van der Waals surface area contributed by atoms with Gasteiger partial charge in [-0.2, -0.15) is 0 Å². The van der Waals surface area contributed by atoms with Crippen molar-refractivity contribution in [1.29, 1.82) is 0 Å². The molecule has 20 heavy (non-hydrogen) atoms. The second kappa shape index (κ2) is 4.24. The predicted molar refractivity (Wildman–Crippen MR) is 85.4 cm³/mol. The van der Waals surface area contributed by atoms with Gasteiger partial charge in [0.15, 0.2) is 0 Å². The molecule has 1 spiro atoms. The van der Waals surface area contributed by atoms with Gasteiger partial charge in [-0.25, -0.2) is 0 Å². The van der Waals surface area contributed by atoms with E-state index >= 15 is 0 Å². The zero-order valence-corrected chi connectivity index (χ0v) is 15.3. The van der Waals surface area contributed by atoms with Crippen molar-refractivity contribution in [1.82, 2.24) is 0 Å². The quantitative estimate of drug-likeness (QED) is 0.632. The monoisotopic (exact) mass is 362 g/mol. The standard InChI is InChI=1S/C16H24BrClO2/c1-13(2)10(17)8-11(19-5)15(4)16(13)7-6-14(3,18)12(9-16)20-15/h8,11-12H,6-7,9H2,1-5H3/t11-,12-,14+,15-,16-/m1/s1. The molecule has 2 nitrogen and oxygen atoms in total. The maximum absolute atomic E-state index is 6.71. The van der Waals surface area contributed by atoms with Crippen LogP contribution in [0, 0.1) is 10.8 Å². The van der Waals surface area contributed by atoms with E-state index in [1.807, 2.05) is 0 Å². The van der Waals surface area contributed by atoms with Crippen molar-refractivity contribution in [2.24, 2.45) is 10.8 Å². The van der Waals surface area contributed by atoms with Gasteiger partial charge in [-0.3, -0.25) is 0 Å². The number of ether oxygens (including phenoxy) is 2. The third kappa shape index (κ3) is 1.59. The average Bonchev–Trinajstić information content (AvgIpc) is 2.64. The molecular formula is C16H24BrClO2. The van der Waals surface area contributed by atoms with Crippen LogP contribution in [-0.2, 0) is 9.47 Å². The van der Waals surface area contributed by atoms with Crippen LogP contribution in [0.5, 0.6) is 0 Å². The minimum Gasteiger partial charge on any atom is -0.374 e. The Balaban J connectivity index is 2.17.